The Balaban J connectivity index is 1.81. The average molecular weight is 340 g/mol. The van der Waals surface area contributed by atoms with Crippen LogP contribution in [-0.2, 0) is 0 Å². The van der Waals surface area contributed by atoms with Gasteiger partial charge < -0.3 is 10.1 Å². The van der Waals surface area contributed by atoms with Crippen LogP contribution in [0.1, 0.15) is 24.3 Å². The maximum Gasteiger partial charge on any atom is 0.133 e. The van der Waals surface area contributed by atoms with Crippen molar-refractivity contribution in [2.24, 2.45) is 0 Å². The first kappa shape index (κ1) is 15.2. The maximum absolute atomic E-state index is 6.24. The van der Waals surface area contributed by atoms with E-state index in [1.54, 1.807) is 11.3 Å². The molecule has 0 amide bonds. The van der Waals surface area contributed by atoms with Crippen molar-refractivity contribution in [1.82, 2.24) is 5.32 Å². The molecule has 2 aromatic rings. The zero-order chi connectivity index (χ0) is 14.7. The second kappa shape index (κ2) is 7.05. The lowest BCUT2D eigenvalue weighted by atomic mass is 10.1. The molecule has 2 nitrogen and oxygen atoms in total. The minimum Gasteiger partial charge on any atom is -0.486 e. The molecule has 3 rings (SSSR count). The molecular formula is C16H18ClNOS2. The molecule has 1 N–H and O–H groups in total. The number of hydrogen-bond donors (Lipinski definition) is 1. The Hall–Kier alpha value is -0.680. The van der Waals surface area contributed by atoms with Gasteiger partial charge in [-0.2, -0.15) is 0 Å². The van der Waals surface area contributed by atoms with Crippen molar-refractivity contribution in [1.29, 1.82) is 0 Å². The van der Waals surface area contributed by atoms with E-state index in [2.05, 4.69) is 30.4 Å². The van der Waals surface area contributed by atoms with E-state index in [4.69, 9.17) is 16.3 Å². The monoisotopic (exact) mass is 339 g/mol. The normalized spacial score (nSPS) is 18.9. The van der Waals surface area contributed by atoms with Crippen molar-refractivity contribution in [3.8, 4) is 5.75 Å². The fourth-order valence-corrected chi connectivity index (χ4v) is 4.64. The van der Waals surface area contributed by atoms with Crippen molar-refractivity contribution in [2.45, 2.75) is 30.4 Å². The van der Waals surface area contributed by atoms with E-state index in [-0.39, 0.29) is 12.1 Å². The number of rotatable bonds is 5. The largest absolute Gasteiger partial charge is 0.486 e. The van der Waals surface area contributed by atoms with E-state index >= 15 is 0 Å². The first-order chi connectivity index (χ1) is 10.3. The highest BCUT2D eigenvalue weighted by Gasteiger charge is 2.29. The van der Waals surface area contributed by atoms with E-state index in [1.165, 1.54) is 9.77 Å². The van der Waals surface area contributed by atoms with Crippen molar-refractivity contribution in [3.63, 3.8) is 0 Å². The summed E-state index contributed by atoms with van der Waals surface area (Å²) in [4.78, 5) is 2.48. The quantitative estimate of drug-likeness (QED) is 0.828. The van der Waals surface area contributed by atoms with E-state index < -0.39 is 0 Å². The molecule has 0 radical (unpaired) electrons. The number of halogens is 1. The predicted molar refractivity (Wildman–Crippen MR) is 91.9 cm³/mol. The summed E-state index contributed by atoms with van der Waals surface area (Å²) >= 11 is 9.60. The highest BCUT2D eigenvalue weighted by Crippen LogP contribution is 2.39. The van der Waals surface area contributed by atoms with E-state index in [9.17, 15) is 0 Å². The van der Waals surface area contributed by atoms with Gasteiger partial charge in [0.2, 0.25) is 0 Å². The molecule has 112 valence electrons. The average Bonchev–Trinajstić information content (AvgIpc) is 2.94. The lowest BCUT2D eigenvalue weighted by Crippen LogP contribution is -2.38. The number of benzene rings is 1. The number of nitrogens with one attached hydrogen (secondary N) is 1. The van der Waals surface area contributed by atoms with Gasteiger partial charge in [-0.1, -0.05) is 30.7 Å². The van der Waals surface area contributed by atoms with Crippen LogP contribution in [0.4, 0.5) is 0 Å². The van der Waals surface area contributed by atoms with Crippen molar-refractivity contribution < 1.29 is 4.74 Å². The van der Waals surface area contributed by atoms with Gasteiger partial charge in [-0.3, -0.25) is 0 Å². The van der Waals surface area contributed by atoms with Crippen LogP contribution in [0.15, 0.2) is 41.3 Å². The minimum atomic E-state index is 0.131. The summed E-state index contributed by atoms with van der Waals surface area (Å²) < 4.78 is 7.07. The summed E-state index contributed by atoms with van der Waals surface area (Å²) in [6, 6.07) is 12.5. The molecular weight excluding hydrogens is 322 g/mol. The maximum atomic E-state index is 6.24. The molecule has 2 atom stereocenters. The highest BCUT2D eigenvalue weighted by molar-refractivity contribution is 7.99. The number of hydrogen-bond acceptors (Lipinski definition) is 4. The zero-order valence-corrected chi connectivity index (χ0v) is 14.2. The SMILES string of the molecule is CCCNC(c1ccc(Cl)s1)C1CSc2ccccc2O1. The Kier molecular flexibility index (Phi) is 5.11. The number of ether oxygens (including phenoxy) is 1. The molecule has 1 aliphatic rings. The molecule has 1 aliphatic heterocycles. The Morgan fingerprint density at radius 1 is 1.33 bits per heavy atom. The second-order valence-corrected chi connectivity index (χ2v) is 7.80. The number of para-hydroxylation sites is 1. The van der Waals surface area contributed by atoms with Crippen LogP contribution >= 0.6 is 34.7 Å². The Labute approximate surface area is 138 Å². The molecule has 1 aromatic heterocycles. The van der Waals surface area contributed by atoms with Crippen LogP contribution in [0.2, 0.25) is 4.34 Å². The Bertz CT molecular complexity index is 601. The van der Waals surface area contributed by atoms with Crippen molar-refractivity contribution in [3.05, 3.63) is 45.6 Å². The molecule has 2 heterocycles. The smallest absolute Gasteiger partial charge is 0.133 e. The molecule has 0 saturated carbocycles. The van der Waals surface area contributed by atoms with E-state index in [0.29, 0.717) is 0 Å². The lowest BCUT2D eigenvalue weighted by molar-refractivity contribution is 0.168. The van der Waals surface area contributed by atoms with Gasteiger partial charge in [-0.25, -0.2) is 0 Å². The Morgan fingerprint density at radius 2 is 2.19 bits per heavy atom. The molecule has 0 bridgehead atoms. The third-order valence-electron chi connectivity index (χ3n) is 3.42. The lowest BCUT2D eigenvalue weighted by Gasteiger charge is -2.32. The van der Waals surface area contributed by atoms with E-state index in [1.807, 2.05) is 30.0 Å². The van der Waals surface area contributed by atoms with Gasteiger partial charge in [-0.15, -0.1) is 23.1 Å². The van der Waals surface area contributed by atoms with Crippen LogP contribution in [0.5, 0.6) is 5.75 Å². The predicted octanol–water partition coefficient (Wildman–Crippen LogP) is 5.00. The fraction of sp³-hybridized carbons (Fsp3) is 0.375. The van der Waals surface area contributed by atoms with Gasteiger partial charge in [0.15, 0.2) is 0 Å². The molecule has 0 aliphatic carbocycles. The van der Waals surface area contributed by atoms with Gasteiger partial charge in [0.1, 0.15) is 11.9 Å². The summed E-state index contributed by atoms with van der Waals surface area (Å²) in [5.74, 6) is 1.94. The number of thioether (sulfide) groups is 1. The molecule has 0 fully saturated rings. The zero-order valence-electron chi connectivity index (χ0n) is 11.8. The van der Waals surface area contributed by atoms with Crippen LogP contribution in [0.3, 0.4) is 0 Å². The van der Waals surface area contributed by atoms with Crippen molar-refractivity contribution >= 4 is 34.7 Å². The van der Waals surface area contributed by atoms with Gasteiger partial charge >= 0.3 is 0 Å². The first-order valence-corrected chi connectivity index (χ1v) is 9.33. The standard InChI is InChI=1S/C16H18ClNOS2/c1-2-9-18-16(14-7-8-15(17)21-14)12-10-20-13-6-4-3-5-11(13)19-12/h3-8,12,16,18H,2,9-10H2,1H3. The van der Waals surface area contributed by atoms with Gasteiger partial charge in [-0.05, 0) is 37.2 Å². The van der Waals surface area contributed by atoms with Crippen LogP contribution in [-0.4, -0.2) is 18.4 Å². The van der Waals surface area contributed by atoms with Gasteiger partial charge in [0.05, 0.1) is 10.4 Å². The van der Waals surface area contributed by atoms with Crippen LogP contribution in [0, 0.1) is 0 Å². The summed E-state index contributed by atoms with van der Waals surface area (Å²) in [5.41, 5.74) is 0. The fourth-order valence-electron chi connectivity index (χ4n) is 2.41. The number of fused-ring (bicyclic) bond motifs is 1. The van der Waals surface area contributed by atoms with Gasteiger partial charge in [0.25, 0.3) is 0 Å². The molecule has 21 heavy (non-hydrogen) atoms. The Morgan fingerprint density at radius 3 is 2.95 bits per heavy atom. The van der Waals surface area contributed by atoms with E-state index in [0.717, 1.165) is 28.8 Å². The van der Waals surface area contributed by atoms with Crippen LogP contribution in [0.25, 0.3) is 0 Å². The van der Waals surface area contributed by atoms with Crippen molar-refractivity contribution in [2.75, 3.05) is 12.3 Å². The molecule has 0 spiro atoms. The molecule has 1 aromatic carbocycles. The van der Waals surface area contributed by atoms with Gasteiger partial charge in [0, 0.05) is 15.5 Å². The summed E-state index contributed by atoms with van der Waals surface area (Å²) in [7, 11) is 0. The number of thiophene rings is 1. The summed E-state index contributed by atoms with van der Waals surface area (Å²) in [6.45, 7) is 3.16. The summed E-state index contributed by atoms with van der Waals surface area (Å²) in [6.07, 6.45) is 1.23. The first-order valence-electron chi connectivity index (χ1n) is 7.15. The van der Waals surface area contributed by atoms with Crippen LogP contribution < -0.4 is 10.1 Å². The summed E-state index contributed by atoms with van der Waals surface area (Å²) in [5, 5.41) is 3.61. The third kappa shape index (κ3) is 3.57. The second-order valence-electron chi connectivity index (χ2n) is 4.99. The topological polar surface area (TPSA) is 21.3 Å². The highest BCUT2D eigenvalue weighted by atomic mass is 35.5. The third-order valence-corrected chi connectivity index (χ3v) is 5.87. The molecule has 5 heteroatoms. The molecule has 0 saturated heterocycles. The minimum absolute atomic E-state index is 0.131. The molecule has 2 unspecified atom stereocenters.